The highest BCUT2D eigenvalue weighted by Gasteiger charge is 2.24. The van der Waals surface area contributed by atoms with Crippen LogP contribution in [0.5, 0.6) is 23.0 Å². The number of amides is 1. The van der Waals surface area contributed by atoms with Crippen LogP contribution in [0.3, 0.4) is 0 Å². The second-order valence-electron chi connectivity index (χ2n) is 8.27. The van der Waals surface area contributed by atoms with Crippen molar-refractivity contribution in [3.8, 4) is 23.0 Å². The number of hydrogen-bond acceptors (Lipinski definition) is 8. The van der Waals surface area contributed by atoms with E-state index in [1.165, 1.54) is 0 Å². The lowest BCUT2D eigenvalue weighted by molar-refractivity contribution is -0.401. The highest BCUT2D eigenvalue weighted by molar-refractivity contribution is 5.98. The molecule has 2 aliphatic rings. The fourth-order valence-electron chi connectivity index (χ4n) is 4.14. The molecule has 0 aromatic heterocycles. The summed E-state index contributed by atoms with van der Waals surface area (Å²) in [6.07, 6.45) is 4.91. The van der Waals surface area contributed by atoms with Crippen molar-refractivity contribution < 1.29 is 29.5 Å². The fraction of sp³-hybridized carbons (Fsp3) is 0.308. The second kappa shape index (κ2) is 11.0. The SMILES string of the molecule is COc1ccc(C2=C(c3cc(OC)c(OC)c(OC)c3)N=NC2)cc1NC(=O)C([NH3+])CC1=CN=CC1. The van der Waals surface area contributed by atoms with Gasteiger partial charge in [0.25, 0.3) is 5.91 Å². The van der Waals surface area contributed by atoms with Gasteiger partial charge < -0.3 is 30.0 Å². The van der Waals surface area contributed by atoms with E-state index in [0.717, 1.165) is 28.7 Å². The molecule has 36 heavy (non-hydrogen) atoms. The monoisotopic (exact) mass is 492 g/mol. The summed E-state index contributed by atoms with van der Waals surface area (Å²) >= 11 is 0. The number of carbonyl (C=O) groups excluding carboxylic acids is 1. The maximum absolute atomic E-state index is 12.9. The first kappa shape index (κ1) is 24.9. The van der Waals surface area contributed by atoms with Gasteiger partial charge in [0.1, 0.15) is 5.75 Å². The number of carbonyl (C=O) groups is 1. The summed E-state index contributed by atoms with van der Waals surface area (Å²) in [5.41, 5.74) is 8.86. The largest absolute Gasteiger partial charge is 0.495 e. The van der Waals surface area contributed by atoms with Crippen molar-refractivity contribution in [1.29, 1.82) is 0 Å². The van der Waals surface area contributed by atoms with E-state index in [2.05, 4.69) is 26.3 Å². The zero-order valence-electron chi connectivity index (χ0n) is 20.8. The Morgan fingerprint density at radius 3 is 2.33 bits per heavy atom. The topological polar surface area (TPSA) is 131 Å². The number of benzene rings is 2. The van der Waals surface area contributed by atoms with E-state index in [1.54, 1.807) is 34.6 Å². The molecule has 1 unspecified atom stereocenters. The molecular weight excluding hydrogens is 462 g/mol. The number of aliphatic imine (C=N–C) groups is 1. The van der Waals surface area contributed by atoms with E-state index < -0.39 is 6.04 Å². The summed E-state index contributed by atoms with van der Waals surface area (Å²) in [7, 11) is 6.25. The number of nitrogens with one attached hydrogen (secondary N) is 1. The molecule has 0 spiro atoms. The van der Waals surface area contributed by atoms with Crippen LogP contribution in [0.2, 0.25) is 0 Å². The fourth-order valence-corrected chi connectivity index (χ4v) is 4.14. The first-order valence-electron chi connectivity index (χ1n) is 11.4. The minimum atomic E-state index is -0.461. The normalized spacial score (nSPS) is 15.1. The van der Waals surface area contributed by atoms with Crippen LogP contribution in [0.4, 0.5) is 5.69 Å². The third-order valence-corrected chi connectivity index (χ3v) is 6.02. The molecule has 4 N–H and O–H groups in total. The van der Waals surface area contributed by atoms with Gasteiger partial charge in [0.2, 0.25) is 5.75 Å². The molecule has 1 atom stereocenters. The molecule has 0 aliphatic carbocycles. The van der Waals surface area contributed by atoms with Crippen LogP contribution in [0, 0.1) is 0 Å². The van der Waals surface area contributed by atoms with E-state index in [9.17, 15) is 4.79 Å². The standard InChI is InChI=1S/C26H29N5O5/c1-33-21-6-5-16(10-20(21)30-26(32)19(27)9-15-7-8-28-13-15)18-14-29-31-24(18)17-11-22(34-2)25(36-4)23(12-17)35-3/h5-6,8,10-13,19H,7,9,14,27H2,1-4H3,(H,30,32)/p+1. The number of ether oxygens (including phenoxy) is 4. The average molecular weight is 493 g/mol. The maximum Gasteiger partial charge on any atom is 0.282 e. The van der Waals surface area contributed by atoms with Crippen LogP contribution in [0.15, 0.2) is 57.3 Å². The van der Waals surface area contributed by atoms with Gasteiger partial charge in [-0.05, 0) is 35.4 Å². The Morgan fingerprint density at radius 1 is 1.00 bits per heavy atom. The molecule has 2 aromatic carbocycles. The van der Waals surface area contributed by atoms with Gasteiger partial charge in [-0.15, -0.1) is 0 Å². The van der Waals surface area contributed by atoms with Crippen LogP contribution < -0.4 is 30.0 Å². The molecule has 10 nitrogen and oxygen atoms in total. The Bertz CT molecular complexity index is 1260. The highest BCUT2D eigenvalue weighted by atomic mass is 16.5. The third-order valence-electron chi connectivity index (χ3n) is 6.02. The van der Waals surface area contributed by atoms with E-state index in [0.29, 0.717) is 47.3 Å². The Balaban J connectivity index is 1.66. The molecule has 0 saturated carbocycles. The predicted molar refractivity (Wildman–Crippen MR) is 137 cm³/mol. The molecule has 0 fully saturated rings. The van der Waals surface area contributed by atoms with E-state index in [4.69, 9.17) is 18.9 Å². The minimum absolute atomic E-state index is 0.196. The minimum Gasteiger partial charge on any atom is -0.495 e. The number of quaternary nitrogens is 1. The number of rotatable bonds is 10. The van der Waals surface area contributed by atoms with E-state index in [-0.39, 0.29) is 5.91 Å². The van der Waals surface area contributed by atoms with Gasteiger partial charge in [0.05, 0.1) is 46.4 Å². The summed E-state index contributed by atoms with van der Waals surface area (Å²) in [6, 6.07) is 8.81. The first-order chi connectivity index (χ1) is 17.5. The van der Waals surface area contributed by atoms with Gasteiger partial charge in [-0.3, -0.25) is 9.79 Å². The molecule has 0 bridgehead atoms. The van der Waals surface area contributed by atoms with E-state index >= 15 is 0 Å². The molecule has 2 aliphatic heterocycles. The number of methoxy groups -OCH3 is 4. The van der Waals surface area contributed by atoms with Gasteiger partial charge in [-0.2, -0.15) is 10.2 Å². The molecule has 2 aromatic rings. The second-order valence-corrected chi connectivity index (χ2v) is 8.27. The van der Waals surface area contributed by atoms with Crippen molar-refractivity contribution in [3.05, 3.63) is 53.2 Å². The molecular formula is C26H30N5O5+. The van der Waals surface area contributed by atoms with Crippen molar-refractivity contribution in [1.82, 2.24) is 0 Å². The quantitative estimate of drug-likeness (QED) is 0.525. The lowest BCUT2D eigenvalue weighted by Gasteiger charge is -2.16. The first-order valence-corrected chi connectivity index (χ1v) is 11.4. The zero-order chi connectivity index (χ0) is 25.7. The number of azo groups is 1. The summed E-state index contributed by atoms with van der Waals surface area (Å²) in [6.45, 7) is 0.387. The molecule has 0 radical (unpaired) electrons. The summed E-state index contributed by atoms with van der Waals surface area (Å²) in [5, 5.41) is 11.6. The van der Waals surface area contributed by atoms with Gasteiger partial charge in [-0.1, -0.05) is 6.07 Å². The van der Waals surface area contributed by atoms with Gasteiger partial charge in [-0.25, -0.2) is 0 Å². The Kier molecular flexibility index (Phi) is 7.65. The zero-order valence-corrected chi connectivity index (χ0v) is 20.8. The van der Waals surface area contributed by atoms with Crippen molar-refractivity contribution in [3.63, 3.8) is 0 Å². The highest BCUT2D eigenvalue weighted by Crippen LogP contribution is 2.43. The molecule has 4 rings (SSSR count). The molecule has 1 amide bonds. The molecule has 0 saturated heterocycles. The van der Waals surface area contributed by atoms with Crippen molar-refractivity contribution in [2.75, 3.05) is 40.3 Å². The number of hydrogen-bond donors (Lipinski definition) is 2. The molecule has 2 heterocycles. The van der Waals surface area contributed by atoms with E-state index in [1.807, 2.05) is 36.5 Å². The van der Waals surface area contributed by atoms with Crippen molar-refractivity contribution >= 4 is 29.1 Å². The molecule has 10 heteroatoms. The van der Waals surface area contributed by atoms with Gasteiger partial charge >= 0.3 is 0 Å². The van der Waals surface area contributed by atoms with Crippen LogP contribution in [-0.2, 0) is 4.79 Å². The lowest BCUT2D eigenvalue weighted by atomic mass is 9.99. The van der Waals surface area contributed by atoms with Gasteiger partial charge in [0.15, 0.2) is 17.5 Å². The Hall–Kier alpha value is -4.18. The van der Waals surface area contributed by atoms with Crippen LogP contribution >= 0.6 is 0 Å². The summed E-state index contributed by atoms with van der Waals surface area (Å²) in [4.78, 5) is 17.0. The molecule has 188 valence electrons. The van der Waals surface area contributed by atoms with Crippen molar-refractivity contribution in [2.45, 2.75) is 18.9 Å². The predicted octanol–water partition coefficient (Wildman–Crippen LogP) is 3.35. The Labute approximate surface area is 209 Å². The Morgan fingerprint density at radius 2 is 1.72 bits per heavy atom. The van der Waals surface area contributed by atoms with Crippen molar-refractivity contribution in [2.24, 2.45) is 15.2 Å². The maximum atomic E-state index is 12.9. The average Bonchev–Trinajstić information content (AvgIpc) is 3.60. The smallest absolute Gasteiger partial charge is 0.282 e. The summed E-state index contributed by atoms with van der Waals surface area (Å²) < 4.78 is 21.9. The van der Waals surface area contributed by atoms with Crippen LogP contribution in [0.25, 0.3) is 11.3 Å². The summed E-state index contributed by atoms with van der Waals surface area (Å²) in [5.74, 6) is 1.89. The number of anilines is 1. The number of nitrogens with zero attached hydrogens (tertiary/aromatic N) is 3. The van der Waals surface area contributed by atoms with Gasteiger partial charge in [0, 0.05) is 36.4 Å². The van der Waals surface area contributed by atoms with Crippen LogP contribution in [0.1, 0.15) is 24.0 Å². The van der Waals surface area contributed by atoms with Crippen LogP contribution in [-0.4, -0.2) is 53.1 Å². The third kappa shape index (κ3) is 5.08. The lowest BCUT2D eigenvalue weighted by Crippen LogP contribution is -2.66.